The molecule has 0 saturated carbocycles. The largest absolute Gasteiger partial charge is 0.445 e. The predicted molar refractivity (Wildman–Crippen MR) is 174 cm³/mol. The number of hydrogen-bond donors (Lipinski definition) is 1. The number of carbonyl (C=O) groups is 2. The first-order valence-corrected chi connectivity index (χ1v) is 15.4. The van der Waals surface area contributed by atoms with Crippen molar-refractivity contribution in [3.63, 3.8) is 0 Å². The number of amides is 2. The number of benzene rings is 3. The van der Waals surface area contributed by atoms with Crippen LogP contribution in [0.1, 0.15) is 29.7 Å². The molecule has 1 aliphatic rings. The van der Waals surface area contributed by atoms with Gasteiger partial charge in [-0.25, -0.2) is 28.5 Å². The van der Waals surface area contributed by atoms with Gasteiger partial charge in [0.05, 0.1) is 41.1 Å². The molecule has 3 heterocycles. The molecule has 0 radical (unpaired) electrons. The first-order valence-electron chi connectivity index (χ1n) is 15.4. The van der Waals surface area contributed by atoms with Crippen molar-refractivity contribution in [2.24, 2.45) is 0 Å². The Hall–Kier alpha value is -6.10. The summed E-state index contributed by atoms with van der Waals surface area (Å²) in [5.41, 5.74) is 0.538. The third kappa shape index (κ3) is 6.82. The minimum absolute atomic E-state index is 0.0695. The Morgan fingerprint density at radius 2 is 1.69 bits per heavy atom. The minimum atomic E-state index is -4.66. The van der Waals surface area contributed by atoms with E-state index in [0.29, 0.717) is 43.0 Å². The lowest BCUT2D eigenvalue weighted by Gasteiger charge is -2.31. The van der Waals surface area contributed by atoms with Crippen LogP contribution in [-0.4, -0.2) is 55.1 Å². The number of aromatic nitrogens is 4. The molecule has 0 bridgehead atoms. The van der Waals surface area contributed by atoms with Gasteiger partial charge in [0.1, 0.15) is 12.3 Å². The topological polar surface area (TPSA) is 108 Å². The van der Waals surface area contributed by atoms with E-state index in [1.165, 1.54) is 23.0 Å². The van der Waals surface area contributed by atoms with Crippen molar-refractivity contribution in [1.29, 1.82) is 0 Å². The molecule has 2 amide bonds. The van der Waals surface area contributed by atoms with Crippen molar-refractivity contribution in [2.45, 2.75) is 38.6 Å². The number of nitrogens with one attached hydrogen (secondary N) is 1. The van der Waals surface area contributed by atoms with Crippen LogP contribution in [0.3, 0.4) is 0 Å². The van der Waals surface area contributed by atoms with Gasteiger partial charge in [-0.15, -0.1) is 0 Å². The summed E-state index contributed by atoms with van der Waals surface area (Å²) in [6.45, 7) is 9.52. The lowest BCUT2D eigenvalue weighted by Crippen LogP contribution is -2.49. The molecule has 2 aromatic heterocycles. The molecule has 11 nitrogen and oxygen atoms in total. The van der Waals surface area contributed by atoms with Crippen LogP contribution in [0.5, 0.6) is 0 Å². The maximum atomic E-state index is 14.1. The molecule has 3 aromatic carbocycles. The maximum absolute atomic E-state index is 14.1. The Morgan fingerprint density at radius 3 is 2.37 bits per heavy atom. The highest BCUT2D eigenvalue weighted by Gasteiger charge is 2.33. The SMILES string of the molecule is [C-]#[N+]c1ccc(-n2nccc2-c2c(C)n(-c3cccc(C(F)(F)F)c3)c(=O)n2C(=O)NC2CCN(C(=O)OCc3ccccc3)CC2)cc1. The number of nitrogens with zero attached hydrogens (tertiary/aromatic N) is 6. The van der Waals surface area contributed by atoms with Gasteiger partial charge in [0, 0.05) is 19.1 Å². The standard InChI is InChI=1S/C35H30F3N7O4/c1-23-31(30-15-18-40-45(30)28-13-11-26(39-2)12-14-28)44(33(47)43(23)29-10-6-9-25(21-29)35(36,37)38)32(46)41-27-16-19-42(20-17-27)34(48)49-22-24-7-4-3-5-8-24/h3-15,18,21,27H,16-17,19-20,22H2,1H3,(H,41,46). The van der Waals surface area contributed by atoms with Gasteiger partial charge in [-0.1, -0.05) is 48.5 Å². The Bertz CT molecular complexity index is 2090. The molecule has 0 spiro atoms. The van der Waals surface area contributed by atoms with Crippen LogP contribution in [-0.2, 0) is 17.5 Å². The number of piperidine rings is 1. The molecule has 1 aliphatic heterocycles. The maximum Gasteiger partial charge on any atom is 0.416 e. The van der Waals surface area contributed by atoms with Gasteiger partial charge in [-0.2, -0.15) is 18.3 Å². The van der Waals surface area contributed by atoms with E-state index >= 15 is 0 Å². The number of rotatable bonds is 6. The van der Waals surface area contributed by atoms with Crippen molar-refractivity contribution < 1.29 is 27.5 Å². The zero-order valence-electron chi connectivity index (χ0n) is 26.2. The second-order valence-electron chi connectivity index (χ2n) is 11.4. The number of ether oxygens (including phenoxy) is 1. The molecule has 1 saturated heterocycles. The lowest BCUT2D eigenvalue weighted by molar-refractivity contribution is -0.137. The summed E-state index contributed by atoms with van der Waals surface area (Å²) in [6.07, 6.45) is -2.89. The van der Waals surface area contributed by atoms with Crippen LogP contribution in [0.25, 0.3) is 27.6 Å². The highest BCUT2D eigenvalue weighted by molar-refractivity contribution is 5.83. The number of alkyl halides is 3. The van der Waals surface area contributed by atoms with E-state index < -0.39 is 35.6 Å². The van der Waals surface area contributed by atoms with Crippen molar-refractivity contribution in [2.75, 3.05) is 13.1 Å². The van der Waals surface area contributed by atoms with Gasteiger partial charge in [0.25, 0.3) is 0 Å². The zero-order valence-corrected chi connectivity index (χ0v) is 26.2. The Labute approximate surface area is 278 Å². The Morgan fingerprint density at radius 1 is 0.980 bits per heavy atom. The second kappa shape index (κ2) is 13.6. The third-order valence-electron chi connectivity index (χ3n) is 8.31. The Kier molecular flexibility index (Phi) is 9.08. The minimum Gasteiger partial charge on any atom is -0.445 e. The molecule has 14 heteroatoms. The van der Waals surface area contributed by atoms with Crippen LogP contribution < -0.4 is 11.0 Å². The van der Waals surface area contributed by atoms with Gasteiger partial charge in [0.2, 0.25) is 0 Å². The molecule has 49 heavy (non-hydrogen) atoms. The zero-order chi connectivity index (χ0) is 34.7. The van der Waals surface area contributed by atoms with Crippen LogP contribution >= 0.6 is 0 Å². The number of imidazole rings is 1. The van der Waals surface area contributed by atoms with Gasteiger partial charge in [-0.3, -0.25) is 4.57 Å². The Balaban J connectivity index is 1.30. The van der Waals surface area contributed by atoms with E-state index in [-0.39, 0.29) is 23.7 Å². The highest BCUT2D eigenvalue weighted by atomic mass is 19.4. The average Bonchev–Trinajstić information content (AvgIpc) is 3.69. The summed E-state index contributed by atoms with van der Waals surface area (Å²) in [4.78, 5) is 45.6. The molecular formula is C35H30F3N7O4. The fourth-order valence-electron chi connectivity index (χ4n) is 5.83. The van der Waals surface area contributed by atoms with E-state index in [4.69, 9.17) is 11.3 Å². The first-order chi connectivity index (χ1) is 23.5. The van der Waals surface area contributed by atoms with Gasteiger partial charge in [0.15, 0.2) is 5.69 Å². The second-order valence-corrected chi connectivity index (χ2v) is 11.4. The van der Waals surface area contributed by atoms with Crippen molar-refractivity contribution >= 4 is 17.8 Å². The van der Waals surface area contributed by atoms with Crippen molar-refractivity contribution in [3.8, 4) is 22.8 Å². The molecule has 6 rings (SSSR count). The van der Waals surface area contributed by atoms with E-state index in [1.807, 2.05) is 30.3 Å². The van der Waals surface area contributed by atoms with E-state index in [2.05, 4.69) is 15.3 Å². The van der Waals surface area contributed by atoms with E-state index in [0.717, 1.165) is 26.8 Å². The van der Waals surface area contributed by atoms with E-state index in [9.17, 15) is 27.6 Å². The molecule has 1 fully saturated rings. The van der Waals surface area contributed by atoms with Gasteiger partial charge < -0.3 is 15.0 Å². The summed E-state index contributed by atoms with van der Waals surface area (Å²) in [7, 11) is 0. The summed E-state index contributed by atoms with van der Waals surface area (Å²) >= 11 is 0. The summed E-state index contributed by atoms with van der Waals surface area (Å²) in [6, 6.07) is 20.5. The number of halogens is 3. The number of hydrogen-bond acceptors (Lipinski definition) is 5. The van der Waals surface area contributed by atoms with Crippen molar-refractivity contribution in [1.82, 2.24) is 29.1 Å². The van der Waals surface area contributed by atoms with Crippen LogP contribution in [0.2, 0.25) is 0 Å². The smallest absolute Gasteiger partial charge is 0.416 e. The summed E-state index contributed by atoms with van der Waals surface area (Å²) < 4.78 is 49.8. The quantitative estimate of drug-likeness (QED) is 0.202. The van der Waals surface area contributed by atoms with Gasteiger partial charge >= 0.3 is 24.0 Å². The van der Waals surface area contributed by atoms with Crippen molar-refractivity contribution in [3.05, 3.63) is 130 Å². The normalized spacial score (nSPS) is 13.6. The molecule has 1 N–H and O–H groups in total. The van der Waals surface area contributed by atoms with Gasteiger partial charge in [-0.05, 0) is 61.7 Å². The molecule has 0 atom stereocenters. The number of likely N-dealkylation sites (tertiary alicyclic amines) is 1. The monoisotopic (exact) mass is 669 g/mol. The lowest BCUT2D eigenvalue weighted by atomic mass is 10.1. The van der Waals surface area contributed by atoms with Crippen LogP contribution in [0.4, 0.5) is 28.4 Å². The predicted octanol–water partition coefficient (Wildman–Crippen LogP) is 6.73. The third-order valence-corrected chi connectivity index (χ3v) is 8.31. The molecule has 5 aromatic rings. The fraction of sp³-hybridized carbons (Fsp3) is 0.229. The molecule has 0 unspecified atom stereocenters. The van der Waals surface area contributed by atoms with Crippen LogP contribution in [0, 0.1) is 13.5 Å². The fourth-order valence-corrected chi connectivity index (χ4v) is 5.83. The summed E-state index contributed by atoms with van der Waals surface area (Å²) in [5.74, 6) is 0. The molecule has 0 aliphatic carbocycles. The van der Waals surface area contributed by atoms with E-state index in [1.54, 1.807) is 42.2 Å². The summed E-state index contributed by atoms with van der Waals surface area (Å²) in [5, 5.41) is 7.26. The number of carbonyl (C=O) groups excluding carboxylic acids is 2. The first kappa shape index (κ1) is 32.8. The van der Waals surface area contributed by atoms with Crippen LogP contribution in [0.15, 0.2) is 95.9 Å². The highest BCUT2D eigenvalue weighted by Crippen LogP contribution is 2.32. The molecular weight excluding hydrogens is 639 g/mol. The molecule has 250 valence electrons. The average molecular weight is 670 g/mol.